The van der Waals surface area contributed by atoms with Gasteiger partial charge in [-0.05, 0) is 56.5 Å². The lowest BCUT2D eigenvalue weighted by molar-refractivity contribution is -0.137. The third-order valence-corrected chi connectivity index (χ3v) is 6.04. The summed E-state index contributed by atoms with van der Waals surface area (Å²) < 4.78 is 40.6. The molecule has 1 atom stereocenters. The minimum atomic E-state index is -4.51. The van der Waals surface area contributed by atoms with Crippen LogP contribution in [0.25, 0.3) is 10.8 Å². The first kappa shape index (κ1) is 24.2. The molecule has 0 aliphatic carbocycles. The van der Waals surface area contributed by atoms with Gasteiger partial charge in [0.05, 0.1) is 16.6 Å². The Morgan fingerprint density at radius 2 is 1.94 bits per heavy atom. The number of rotatable bonds is 5. The number of fused-ring (bicyclic) bond motifs is 1. The molecule has 32 heavy (non-hydrogen) atoms. The highest BCUT2D eigenvalue weighted by Crippen LogP contribution is 2.32. The molecule has 0 spiro atoms. The van der Waals surface area contributed by atoms with E-state index in [-0.39, 0.29) is 35.2 Å². The Balaban J connectivity index is 1.84. The number of alkyl halides is 3. The van der Waals surface area contributed by atoms with Gasteiger partial charge in [0, 0.05) is 18.0 Å². The summed E-state index contributed by atoms with van der Waals surface area (Å²) in [6.45, 7) is 8.41. The molecule has 1 fully saturated rings. The number of carbonyl (C=O) groups excluding carboxylic acids is 1. The molecule has 2 aromatic rings. The van der Waals surface area contributed by atoms with Crippen LogP contribution in [0.15, 0.2) is 23.0 Å². The number of hydrogen-bond donors (Lipinski definition) is 1. The zero-order chi connectivity index (χ0) is 23.5. The Bertz CT molecular complexity index is 1020. The van der Waals surface area contributed by atoms with Gasteiger partial charge in [0.1, 0.15) is 6.54 Å². The highest BCUT2D eigenvalue weighted by atomic mass is 19.4. The molecule has 1 aliphatic heterocycles. The largest absolute Gasteiger partial charge is 0.416 e. The molecular weight excluding hydrogens is 421 g/mol. The van der Waals surface area contributed by atoms with Gasteiger partial charge in [-0.25, -0.2) is 4.68 Å². The molecule has 1 aromatic carbocycles. The highest BCUT2D eigenvalue weighted by Gasteiger charge is 2.31. The second-order valence-electron chi connectivity index (χ2n) is 8.74. The van der Waals surface area contributed by atoms with Crippen LogP contribution < -0.4 is 10.9 Å². The van der Waals surface area contributed by atoms with Gasteiger partial charge in [0.15, 0.2) is 0 Å². The topological polar surface area (TPSA) is 67.2 Å². The van der Waals surface area contributed by atoms with Crippen molar-refractivity contribution in [3.8, 4) is 0 Å². The van der Waals surface area contributed by atoms with Crippen molar-refractivity contribution in [2.24, 2.45) is 0 Å². The number of carbonyl (C=O) groups is 1. The summed E-state index contributed by atoms with van der Waals surface area (Å²) >= 11 is 0. The van der Waals surface area contributed by atoms with Gasteiger partial charge in [-0.2, -0.15) is 18.3 Å². The minimum absolute atomic E-state index is 0.0342. The number of aromatic nitrogens is 2. The first-order chi connectivity index (χ1) is 15.1. The molecule has 0 saturated carbocycles. The van der Waals surface area contributed by atoms with Crippen LogP contribution in [0.2, 0.25) is 0 Å². The van der Waals surface area contributed by atoms with E-state index in [0.29, 0.717) is 5.69 Å². The van der Waals surface area contributed by atoms with E-state index in [2.05, 4.69) is 22.2 Å². The number of likely N-dealkylation sites (tertiary alicyclic amines) is 1. The van der Waals surface area contributed by atoms with E-state index in [1.807, 2.05) is 0 Å². The van der Waals surface area contributed by atoms with E-state index >= 15 is 0 Å². The molecule has 1 amide bonds. The lowest BCUT2D eigenvalue weighted by Gasteiger charge is -2.28. The lowest BCUT2D eigenvalue weighted by Crippen LogP contribution is -2.42. The number of halogens is 3. The molecule has 3 rings (SSSR count). The van der Waals surface area contributed by atoms with Gasteiger partial charge in [0.25, 0.3) is 5.56 Å². The molecule has 6 nitrogen and oxygen atoms in total. The molecule has 1 saturated heterocycles. The third-order valence-electron chi connectivity index (χ3n) is 6.04. The molecule has 2 heterocycles. The summed E-state index contributed by atoms with van der Waals surface area (Å²) in [5.74, 6) is -0.532. The fraction of sp³-hybridized carbons (Fsp3) is 0.609. The Morgan fingerprint density at radius 3 is 2.59 bits per heavy atom. The van der Waals surface area contributed by atoms with E-state index in [1.54, 1.807) is 13.8 Å². The number of nitrogens with one attached hydrogen (secondary N) is 1. The maximum Gasteiger partial charge on any atom is 0.416 e. The van der Waals surface area contributed by atoms with Gasteiger partial charge in [-0.15, -0.1) is 0 Å². The number of amides is 1. The Kier molecular flexibility index (Phi) is 7.59. The number of hydrogen-bond acceptors (Lipinski definition) is 4. The second-order valence-corrected chi connectivity index (χ2v) is 8.74. The molecule has 176 valence electrons. The molecule has 1 N–H and O–H groups in total. The SMILES string of the molecule is CCN1CCCCC(NC(=O)Cn2nc(C(C)C)c3cc(C(F)(F)F)ccc3c2=O)CC1. The average Bonchev–Trinajstić information content (AvgIpc) is 2.71. The minimum Gasteiger partial charge on any atom is -0.352 e. The van der Waals surface area contributed by atoms with Crippen LogP contribution in [0.1, 0.15) is 63.6 Å². The fourth-order valence-corrected chi connectivity index (χ4v) is 4.21. The van der Waals surface area contributed by atoms with Crippen molar-refractivity contribution in [2.45, 2.75) is 71.1 Å². The summed E-state index contributed by atoms with van der Waals surface area (Å²) in [6.07, 6.45) is -0.668. The normalized spacial score (nSPS) is 18.5. The summed E-state index contributed by atoms with van der Waals surface area (Å²) in [5.41, 5.74) is -1.03. The van der Waals surface area contributed by atoms with Crippen molar-refractivity contribution in [3.05, 3.63) is 39.8 Å². The first-order valence-corrected chi connectivity index (χ1v) is 11.2. The molecule has 9 heteroatoms. The van der Waals surface area contributed by atoms with Crippen molar-refractivity contribution < 1.29 is 18.0 Å². The average molecular weight is 453 g/mol. The number of benzene rings is 1. The molecule has 0 bridgehead atoms. The zero-order valence-corrected chi connectivity index (χ0v) is 18.8. The molecule has 0 radical (unpaired) electrons. The van der Waals surface area contributed by atoms with E-state index in [9.17, 15) is 22.8 Å². The fourth-order valence-electron chi connectivity index (χ4n) is 4.21. The van der Waals surface area contributed by atoms with Crippen LogP contribution in [0.3, 0.4) is 0 Å². The van der Waals surface area contributed by atoms with E-state index in [4.69, 9.17) is 0 Å². The second kappa shape index (κ2) is 10.0. The summed E-state index contributed by atoms with van der Waals surface area (Å²) in [5, 5.41) is 7.61. The molecule has 1 unspecified atom stereocenters. The molecule has 1 aliphatic rings. The number of nitrogens with zero attached hydrogens (tertiary/aromatic N) is 3. The van der Waals surface area contributed by atoms with Gasteiger partial charge in [0.2, 0.25) is 5.91 Å². The standard InChI is InChI=1S/C23H31F3N4O2/c1-4-29-11-6-5-7-17(10-12-29)27-20(31)14-30-22(32)18-9-8-16(23(24,25)26)13-19(18)21(28-30)15(2)3/h8-9,13,15,17H,4-7,10-12,14H2,1-3H3,(H,27,31). The maximum absolute atomic E-state index is 13.2. The molecule has 1 aromatic heterocycles. The molecular formula is C23H31F3N4O2. The zero-order valence-electron chi connectivity index (χ0n) is 18.8. The van der Waals surface area contributed by atoms with Crippen molar-refractivity contribution >= 4 is 16.7 Å². The van der Waals surface area contributed by atoms with Crippen LogP contribution in [-0.4, -0.2) is 46.3 Å². The summed E-state index contributed by atoms with van der Waals surface area (Å²) in [4.78, 5) is 28.0. The monoisotopic (exact) mass is 452 g/mol. The Morgan fingerprint density at radius 1 is 1.19 bits per heavy atom. The quantitative estimate of drug-likeness (QED) is 0.747. The third kappa shape index (κ3) is 5.68. The van der Waals surface area contributed by atoms with Crippen LogP contribution in [0, 0.1) is 0 Å². The first-order valence-electron chi connectivity index (χ1n) is 11.2. The maximum atomic E-state index is 13.2. The summed E-state index contributed by atoms with van der Waals surface area (Å²) in [6, 6.07) is 3.08. The van der Waals surface area contributed by atoms with E-state index < -0.39 is 17.3 Å². The smallest absolute Gasteiger partial charge is 0.352 e. The highest BCUT2D eigenvalue weighted by molar-refractivity contribution is 5.85. The van der Waals surface area contributed by atoms with Gasteiger partial charge >= 0.3 is 6.18 Å². The predicted octanol–water partition coefficient (Wildman–Crippen LogP) is 3.92. The Hall–Kier alpha value is -2.42. The van der Waals surface area contributed by atoms with Gasteiger partial charge in [-0.1, -0.05) is 27.2 Å². The van der Waals surface area contributed by atoms with Crippen LogP contribution in [0.4, 0.5) is 13.2 Å². The van der Waals surface area contributed by atoms with E-state index in [1.165, 1.54) is 6.07 Å². The van der Waals surface area contributed by atoms with Crippen LogP contribution in [0.5, 0.6) is 0 Å². The van der Waals surface area contributed by atoms with E-state index in [0.717, 1.165) is 62.1 Å². The van der Waals surface area contributed by atoms with Crippen LogP contribution >= 0.6 is 0 Å². The lowest BCUT2D eigenvalue weighted by atomic mass is 10.0. The van der Waals surface area contributed by atoms with Crippen molar-refractivity contribution in [3.63, 3.8) is 0 Å². The van der Waals surface area contributed by atoms with Crippen LogP contribution in [-0.2, 0) is 17.5 Å². The van der Waals surface area contributed by atoms with Crippen molar-refractivity contribution in [1.82, 2.24) is 20.0 Å². The Labute approximate surface area is 185 Å². The van der Waals surface area contributed by atoms with Gasteiger partial charge < -0.3 is 10.2 Å². The van der Waals surface area contributed by atoms with Gasteiger partial charge in [-0.3, -0.25) is 9.59 Å². The summed E-state index contributed by atoms with van der Waals surface area (Å²) in [7, 11) is 0. The van der Waals surface area contributed by atoms with Crippen molar-refractivity contribution in [2.75, 3.05) is 19.6 Å². The predicted molar refractivity (Wildman–Crippen MR) is 118 cm³/mol. The van der Waals surface area contributed by atoms with Crippen molar-refractivity contribution in [1.29, 1.82) is 0 Å².